The number of aromatic nitrogens is 1. The number of rotatable bonds is 3. The first-order valence-corrected chi connectivity index (χ1v) is 6.85. The van der Waals surface area contributed by atoms with Gasteiger partial charge in [-0.3, -0.25) is 9.78 Å². The van der Waals surface area contributed by atoms with E-state index < -0.39 is 5.92 Å². The zero-order valence-corrected chi connectivity index (χ0v) is 12.4. The third-order valence-corrected chi connectivity index (χ3v) is 2.95. The summed E-state index contributed by atoms with van der Waals surface area (Å²) in [5.41, 5.74) is 1.02. The van der Waals surface area contributed by atoms with Crippen LogP contribution in [0.3, 0.4) is 0 Å². The van der Waals surface area contributed by atoms with Gasteiger partial charge in [0.1, 0.15) is 11.7 Å². The molecular formula is C17H19FN2O. The molecule has 0 fully saturated rings. The van der Waals surface area contributed by atoms with E-state index in [9.17, 15) is 9.18 Å². The Hall–Kier alpha value is -2.23. The molecule has 0 bridgehead atoms. The number of carbonyl (C=O) groups is 1. The van der Waals surface area contributed by atoms with Gasteiger partial charge in [0.05, 0.1) is 5.69 Å². The van der Waals surface area contributed by atoms with Crippen molar-refractivity contribution in [1.82, 2.24) is 10.3 Å². The van der Waals surface area contributed by atoms with Gasteiger partial charge in [-0.1, -0.05) is 18.2 Å². The number of nitrogens with one attached hydrogen (secondary N) is 1. The van der Waals surface area contributed by atoms with Gasteiger partial charge in [0, 0.05) is 11.7 Å². The first kappa shape index (κ1) is 15.2. The lowest BCUT2D eigenvalue weighted by Crippen LogP contribution is -2.43. The van der Waals surface area contributed by atoms with Gasteiger partial charge in [0.15, 0.2) is 0 Å². The molecule has 21 heavy (non-hydrogen) atoms. The zero-order chi connectivity index (χ0) is 15.5. The molecule has 1 N–H and O–H groups in total. The molecule has 0 aliphatic carbocycles. The average Bonchev–Trinajstić information content (AvgIpc) is 2.40. The molecule has 2 rings (SSSR count). The number of hydrogen-bond acceptors (Lipinski definition) is 2. The quantitative estimate of drug-likeness (QED) is 0.941. The second-order valence-electron chi connectivity index (χ2n) is 5.98. The van der Waals surface area contributed by atoms with Crippen molar-refractivity contribution < 1.29 is 9.18 Å². The van der Waals surface area contributed by atoms with Crippen molar-refractivity contribution in [2.75, 3.05) is 0 Å². The molecule has 0 aliphatic rings. The maximum Gasteiger partial charge on any atom is 0.234 e. The number of halogens is 1. The Morgan fingerprint density at radius 1 is 1.14 bits per heavy atom. The summed E-state index contributed by atoms with van der Waals surface area (Å²) in [6.45, 7) is 5.77. The molecule has 0 saturated carbocycles. The molecule has 1 unspecified atom stereocenters. The van der Waals surface area contributed by atoms with E-state index in [0.29, 0.717) is 5.69 Å². The lowest BCUT2D eigenvalue weighted by molar-refractivity contribution is -0.123. The van der Waals surface area contributed by atoms with Crippen LogP contribution in [0.5, 0.6) is 0 Å². The van der Waals surface area contributed by atoms with Crippen molar-refractivity contribution in [3.63, 3.8) is 0 Å². The van der Waals surface area contributed by atoms with Crippen LogP contribution in [-0.2, 0) is 4.79 Å². The average molecular weight is 286 g/mol. The number of amides is 1. The number of benzene rings is 1. The monoisotopic (exact) mass is 286 g/mol. The van der Waals surface area contributed by atoms with Crippen LogP contribution in [0.15, 0.2) is 48.7 Å². The third-order valence-electron chi connectivity index (χ3n) is 2.95. The van der Waals surface area contributed by atoms with E-state index in [-0.39, 0.29) is 17.3 Å². The Labute approximate surface area is 124 Å². The molecule has 0 aliphatic heterocycles. The Morgan fingerprint density at radius 2 is 1.81 bits per heavy atom. The molecule has 2 aromatic rings. The summed E-state index contributed by atoms with van der Waals surface area (Å²) in [6.07, 6.45) is 1.65. The molecule has 1 aromatic heterocycles. The van der Waals surface area contributed by atoms with Crippen LogP contribution in [0.1, 0.15) is 37.9 Å². The summed E-state index contributed by atoms with van der Waals surface area (Å²) in [6, 6.07) is 11.4. The lowest BCUT2D eigenvalue weighted by Gasteiger charge is -2.25. The van der Waals surface area contributed by atoms with Gasteiger partial charge in [-0.15, -0.1) is 0 Å². The van der Waals surface area contributed by atoms with Gasteiger partial charge < -0.3 is 5.32 Å². The van der Waals surface area contributed by atoms with Crippen molar-refractivity contribution in [2.45, 2.75) is 32.2 Å². The van der Waals surface area contributed by atoms with E-state index in [1.807, 2.05) is 26.8 Å². The Morgan fingerprint density at radius 3 is 2.33 bits per heavy atom. The molecular weight excluding hydrogens is 267 g/mol. The van der Waals surface area contributed by atoms with E-state index in [1.165, 1.54) is 12.1 Å². The highest BCUT2D eigenvalue weighted by Gasteiger charge is 2.26. The van der Waals surface area contributed by atoms with Gasteiger partial charge in [-0.2, -0.15) is 0 Å². The fraction of sp³-hybridized carbons (Fsp3) is 0.294. The molecule has 110 valence electrons. The SMILES string of the molecule is CC(C)(C)NC(=O)C(c1ccc(F)cc1)c1ccccn1. The predicted octanol–water partition coefficient (Wildman–Crippen LogP) is 3.27. The number of nitrogens with zero attached hydrogens (tertiary/aromatic N) is 1. The largest absolute Gasteiger partial charge is 0.351 e. The number of hydrogen-bond donors (Lipinski definition) is 1. The molecule has 1 amide bonds. The van der Waals surface area contributed by atoms with Gasteiger partial charge in [-0.05, 0) is 50.6 Å². The van der Waals surface area contributed by atoms with Gasteiger partial charge in [0.25, 0.3) is 0 Å². The Kier molecular flexibility index (Phi) is 4.36. The summed E-state index contributed by atoms with van der Waals surface area (Å²) in [7, 11) is 0. The smallest absolute Gasteiger partial charge is 0.234 e. The molecule has 3 nitrogen and oxygen atoms in total. The summed E-state index contributed by atoms with van der Waals surface area (Å²) in [4.78, 5) is 16.9. The van der Waals surface area contributed by atoms with Crippen LogP contribution in [-0.4, -0.2) is 16.4 Å². The maximum atomic E-state index is 13.1. The molecule has 4 heteroatoms. The van der Waals surface area contributed by atoms with Crippen LogP contribution in [0.25, 0.3) is 0 Å². The van der Waals surface area contributed by atoms with Gasteiger partial charge in [-0.25, -0.2) is 4.39 Å². The molecule has 0 spiro atoms. The second kappa shape index (κ2) is 6.04. The number of carbonyl (C=O) groups excluding carboxylic acids is 1. The predicted molar refractivity (Wildman–Crippen MR) is 80.4 cm³/mol. The van der Waals surface area contributed by atoms with Crippen LogP contribution < -0.4 is 5.32 Å². The van der Waals surface area contributed by atoms with Crippen molar-refractivity contribution >= 4 is 5.91 Å². The molecule has 1 heterocycles. The van der Waals surface area contributed by atoms with Crippen LogP contribution >= 0.6 is 0 Å². The summed E-state index contributed by atoms with van der Waals surface area (Å²) < 4.78 is 13.1. The van der Waals surface area contributed by atoms with Crippen LogP contribution in [0.2, 0.25) is 0 Å². The fourth-order valence-electron chi connectivity index (χ4n) is 2.10. The minimum absolute atomic E-state index is 0.146. The highest BCUT2D eigenvalue weighted by atomic mass is 19.1. The fourth-order valence-corrected chi connectivity index (χ4v) is 2.10. The highest BCUT2D eigenvalue weighted by molar-refractivity contribution is 5.87. The molecule has 1 atom stereocenters. The van der Waals surface area contributed by atoms with Crippen molar-refractivity contribution in [2.24, 2.45) is 0 Å². The van der Waals surface area contributed by atoms with E-state index >= 15 is 0 Å². The van der Waals surface area contributed by atoms with E-state index in [1.54, 1.807) is 30.5 Å². The molecule has 1 aromatic carbocycles. The first-order chi connectivity index (χ1) is 9.87. The molecule has 0 saturated heterocycles. The van der Waals surface area contributed by atoms with E-state index in [0.717, 1.165) is 5.56 Å². The van der Waals surface area contributed by atoms with E-state index in [2.05, 4.69) is 10.3 Å². The van der Waals surface area contributed by atoms with E-state index in [4.69, 9.17) is 0 Å². The Bertz CT molecular complexity index is 603. The second-order valence-corrected chi connectivity index (χ2v) is 5.98. The minimum atomic E-state index is -0.550. The summed E-state index contributed by atoms with van der Waals surface area (Å²) >= 11 is 0. The zero-order valence-electron chi connectivity index (χ0n) is 12.4. The van der Waals surface area contributed by atoms with Crippen molar-refractivity contribution in [1.29, 1.82) is 0 Å². The maximum absolute atomic E-state index is 13.1. The Balaban J connectivity index is 2.40. The van der Waals surface area contributed by atoms with Crippen molar-refractivity contribution in [3.05, 3.63) is 65.7 Å². The molecule has 0 radical (unpaired) electrons. The lowest BCUT2D eigenvalue weighted by atomic mass is 9.93. The highest BCUT2D eigenvalue weighted by Crippen LogP contribution is 2.24. The topological polar surface area (TPSA) is 42.0 Å². The summed E-state index contributed by atoms with van der Waals surface area (Å²) in [5, 5.41) is 2.96. The van der Waals surface area contributed by atoms with Gasteiger partial charge in [0.2, 0.25) is 5.91 Å². The summed E-state index contributed by atoms with van der Waals surface area (Å²) in [5.74, 6) is -1.02. The normalized spacial score (nSPS) is 12.8. The van der Waals surface area contributed by atoms with Gasteiger partial charge >= 0.3 is 0 Å². The first-order valence-electron chi connectivity index (χ1n) is 6.85. The van der Waals surface area contributed by atoms with Crippen molar-refractivity contribution in [3.8, 4) is 0 Å². The van der Waals surface area contributed by atoms with Crippen LogP contribution in [0, 0.1) is 5.82 Å². The number of pyridine rings is 1. The minimum Gasteiger partial charge on any atom is -0.351 e. The standard InChI is InChI=1S/C17H19FN2O/c1-17(2,3)20-16(21)15(14-6-4-5-11-19-14)12-7-9-13(18)10-8-12/h4-11,15H,1-3H3,(H,20,21). The third kappa shape index (κ3) is 4.12. The van der Waals surface area contributed by atoms with Crippen LogP contribution in [0.4, 0.5) is 4.39 Å².